The molecule has 76 valence electrons. The third-order valence-electron chi connectivity index (χ3n) is 2.79. The minimum Gasteiger partial charge on any atom is -0.373 e. The molecule has 0 aromatic heterocycles. The first-order valence-electron chi connectivity index (χ1n) is 5.17. The Morgan fingerprint density at radius 1 is 1.23 bits per heavy atom. The molecule has 0 N–H and O–H groups in total. The van der Waals surface area contributed by atoms with E-state index in [0.29, 0.717) is 12.5 Å². The predicted molar refractivity (Wildman–Crippen MR) is 48.7 cm³/mol. The molecule has 0 aromatic carbocycles. The molecule has 0 spiro atoms. The van der Waals surface area contributed by atoms with Gasteiger partial charge in [0.05, 0.1) is 19.3 Å². The van der Waals surface area contributed by atoms with Crippen LogP contribution in [0.3, 0.4) is 0 Å². The lowest BCUT2D eigenvalue weighted by molar-refractivity contribution is -0.0318. The van der Waals surface area contributed by atoms with Crippen molar-refractivity contribution in [2.45, 2.75) is 38.6 Å². The van der Waals surface area contributed by atoms with Gasteiger partial charge in [-0.1, -0.05) is 13.8 Å². The second-order valence-electron chi connectivity index (χ2n) is 3.98. The van der Waals surface area contributed by atoms with Crippen molar-refractivity contribution < 1.29 is 14.2 Å². The number of hydrogen-bond donors (Lipinski definition) is 0. The molecule has 4 atom stereocenters. The molecular weight excluding hydrogens is 168 g/mol. The van der Waals surface area contributed by atoms with E-state index in [1.807, 2.05) is 0 Å². The summed E-state index contributed by atoms with van der Waals surface area (Å²) in [7, 11) is 0. The average Bonchev–Trinajstić information content (AvgIpc) is 2.67. The Morgan fingerprint density at radius 3 is 2.77 bits per heavy atom. The van der Waals surface area contributed by atoms with Gasteiger partial charge in [-0.3, -0.25) is 0 Å². The van der Waals surface area contributed by atoms with E-state index in [-0.39, 0.29) is 18.3 Å². The van der Waals surface area contributed by atoms with Gasteiger partial charge < -0.3 is 14.2 Å². The van der Waals surface area contributed by atoms with Gasteiger partial charge in [-0.25, -0.2) is 0 Å². The van der Waals surface area contributed by atoms with Gasteiger partial charge in [0.25, 0.3) is 0 Å². The van der Waals surface area contributed by atoms with E-state index in [4.69, 9.17) is 14.2 Å². The van der Waals surface area contributed by atoms with Gasteiger partial charge >= 0.3 is 0 Å². The second kappa shape index (κ2) is 3.95. The summed E-state index contributed by atoms with van der Waals surface area (Å²) >= 11 is 0. The molecule has 2 aliphatic heterocycles. The first kappa shape index (κ1) is 9.44. The van der Waals surface area contributed by atoms with Crippen LogP contribution in [0.4, 0.5) is 0 Å². The Bertz CT molecular complexity index is 172. The Balaban J connectivity index is 1.87. The lowest BCUT2D eigenvalue weighted by Gasteiger charge is -2.16. The van der Waals surface area contributed by atoms with Gasteiger partial charge in [0.1, 0.15) is 12.2 Å². The standard InChI is InChI=1S/C10H18O3/c1-3-4-11-8-6-13-9-7(2)5-12-10(8)9/h7-10H,3-6H2,1-2H3. The maximum Gasteiger partial charge on any atom is 0.112 e. The molecule has 2 rings (SSSR count). The third kappa shape index (κ3) is 1.73. The summed E-state index contributed by atoms with van der Waals surface area (Å²) in [5.41, 5.74) is 0. The summed E-state index contributed by atoms with van der Waals surface area (Å²) in [6, 6.07) is 0. The molecule has 0 amide bonds. The summed E-state index contributed by atoms with van der Waals surface area (Å²) in [5, 5.41) is 0. The van der Waals surface area contributed by atoms with Crippen molar-refractivity contribution in [3.8, 4) is 0 Å². The molecule has 2 heterocycles. The Labute approximate surface area is 79.4 Å². The zero-order valence-corrected chi connectivity index (χ0v) is 8.36. The van der Waals surface area contributed by atoms with E-state index in [9.17, 15) is 0 Å². The quantitative estimate of drug-likeness (QED) is 0.663. The summed E-state index contributed by atoms with van der Waals surface area (Å²) in [6.07, 6.45) is 1.71. The molecular formula is C10H18O3. The van der Waals surface area contributed by atoms with E-state index in [2.05, 4.69) is 13.8 Å². The van der Waals surface area contributed by atoms with Crippen LogP contribution in [0, 0.1) is 5.92 Å². The van der Waals surface area contributed by atoms with Crippen molar-refractivity contribution in [2.75, 3.05) is 19.8 Å². The fraction of sp³-hybridized carbons (Fsp3) is 1.00. The van der Waals surface area contributed by atoms with Crippen molar-refractivity contribution in [1.82, 2.24) is 0 Å². The van der Waals surface area contributed by atoms with Crippen molar-refractivity contribution in [2.24, 2.45) is 5.92 Å². The van der Waals surface area contributed by atoms with Gasteiger partial charge in [-0.15, -0.1) is 0 Å². The maximum absolute atomic E-state index is 5.66. The lowest BCUT2D eigenvalue weighted by atomic mass is 10.0. The van der Waals surface area contributed by atoms with Crippen molar-refractivity contribution in [3.63, 3.8) is 0 Å². The first-order chi connectivity index (χ1) is 6.33. The van der Waals surface area contributed by atoms with Gasteiger partial charge in [0.2, 0.25) is 0 Å². The van der Waals surface area contributed by atoms with Crippen LogP contribution in [0.15, 0.2) is 0 Å². The summed E-state index contributed by atoms with van der Waals surface area (Å²) < 4.78 is 17.0. The molecule has 13 heavy (non-hydrogen) atoms. The van der Waals surface area contributed by atoms with Crippen LogP contribution >= 0.6 is 0 Å². The Morgan fingerprint density at radius 2 is 2.00 bits per heavy atom. The molecule has 0 saturated carbocycles. The minimum absolute atomic E-state index is 0.176. The number of rotatable bonds is 3. The number of ether oxygens (including phenoxy) is 3. The topological polar surface area (TPSA) is 27.7 Å². The maximum atomic E-state index is 5.66. The smallest absolute Gasteiger partial charge is 0.112 e. The monoisotopic (exact) mass is 186 g/mol. The highest BCUT2D eigenvalue weighted by molar-refractivity contribution is 4.93. The van der Waals surface area contributed by atoms with Crippen molar-refractivity contribution >= 4 is 0 Å². The van der Waals surface area contributed by atoms with Gasteiger partial charge in [-0.2, -0.15) is 0 Å². The van der Waals surface area contributed by atoms with Crippen LogP contribution in [0.1, 0.15) is 20.3 Å². The largest absolute Gasteiger partial charge is 0.373 e. The Hall–Kier alpha value is -0.120. The number of fused-ring (bicyclic) bond motifs is 1. The molecule has 0 aromatic rings. The Kier molecular flexibility index (Phi) is 2.86. The summed E-state index contributed by atoms with van der Waals surface area (Å²) in [4.78, 5) is 0. The van der Waals surface area contributed by atoms with E-state index in [1.165, 1.54) is 0 Å². The summed E-state index contributed by atoms with van der Waals surface area (Å²) in [6.45, 7) is 6.63. The fourth-order valence-corrected chi connectivity index (χ4v) is 2.07. The first-order valence-corrected chi connectivity index (χ1v) is 5.17. The van der Waals surface area contributed by atoms with Crippen LogP contribution in [-0.4, -0.2) is 38.1 Å². The van der Waals surface area contributed by atoms with E-state index in [0.717, 1.165) is 19.6 Å². The summed E-state index contributed by atoms with van der Waals surface area (Å²) in [5.74, 6) is 0.528. The molecule has 0 bridgehead atoms. The SMILES string of the molecule is CCCOC1COC2C(C)COC12. The zero-order chi connectivity index (χ0) is 9.26. The van der Waals surface area contributed by atoms with Crippen LogP contribution in [-0.2, 0) is 14.2 Å². The number of hydrogen-bond acceptors (Lipinski definition) is 3. The second-order valence-corrected chi connectivity index (χ2v) is 3.98. The molecule has 2 saturated heterocycles. The highest BCUT2D eigenvalue weighted by Gasteiger charge is 2.46. The normalized spacial score (nSPS) is 43.8. The molecule has 0 radical (unpaired) electrons. The van der Waals surface area contributed by atoms with Crippen molar-refractivity contribution in [1.29, 1.82) is 0 Å². The van der Waals surface area contributed by atoms with E-state index in [1.54, 1.807) is 0 Å². The average molecular weight is 186 g/mol. The molecule has 4 unspecified atom stereocenters. The van der Waals surface area contributed by atoms with Crippen LogP contribution < -0.4 is 0 Å². The molecule has 2 aliphatic rings. The van der Waals surface area contributed by atoms with Crippen LogP contribution in [0.2, 0.25) is 0 Å². The molecule has 3 nitrogen and oxygen atoms in total. The zero-order valence-electron chi connectivity index (χ0n) is 8.36. The highest BCUT2D eigenvalue weighted by Crippen LogP contribution is 2.32. The minimum atomic E-state index is 0.176. The van der Waals surface area contributed by atoms with Crippen LogP contribution in [0.25, 0.3) is 0 Å². The predicted octanol–water partition coefficient (Wildman–Crippen LogP) is 1.22. The van der Waals surface area contributed by atoms with E-state index < -0.39 is 0 Å². The third-order valence-corrected chi connectivity index (χ3v) is 2.79. The molecule has 3 heteroatoms. The van der Waals surface area contributed by atoms with Crippen LogP contribution in [0.5, 0.6) is 0 Å². The fourth-order valence-electron chi connectivity index (χ4n) is 2.07. The van der Waals surface area contributed by atoms with Gasteiger partial charge in [0, 0.05) is 12.5 Å². The molecule has 2 fully saturated rings. The molecule has 0 aliphatic carbocycles. The van der Waals surface area contributed by atoms with Crippen molar-refractivity contribution in [3.05, 3.63) is 0 Å². The van der Waals surface area contributed by atoms with E-state index >= 15 is 0 Å². The lowest BCUT2D eigenvalue weighted by Crippen LogP contribution is -2.31. The van der Waals surface area contributed by atoms with Gasteiger partial charge in [0.15, 0.2) is 0 Å². The van der Waals surface area contributed by atoms with Gasteiger partial charge in [-0.05, 0) is 6.42 Å². The highest BCUT2D eigenvalue weighted by atomic mass is 16.6.